The molecule has 4 rings (SSSR count). The molecular weight excluding hydrogens is 386 g/mol. The Hall–Kier alpha value is -3.58. The van der Waals surface area contributed by atoms with Crippen LogP contribution in [0.2, 0.25) is 0 Å². The second-order valence-corrected chi connectivity index (χ2v) is 8.21. The van der Waals surface area contributed by atoms with Crippen LogP contribution in [0.15, 0.2) is 97.1 Å². The number of hydrogen-bond acceptors (Lipinski definition) is 1. The minimum Gasteiger partial charge on any atom is -0.311 e. The Labute approximate surface area is 192 Å². The van der Waals surface area contributed by atoms with E-state index < -0.39 is 0 Å². The van der Waals surface area contributed by atoms with Crippen LogP contribution in [0.1, 0.15) is 41.7 Å². The normalized spacial score (nSPS) is 11.1. The van der Waals surface area contributed by atoms with Crippen molar-refractivity contribution in [2.24, 2.45) is 0 Å². The zero-order valence-corrected chi connectivity index (χ0v) is 19.3. The molecule has 0 aliphatic heterocycles. The lowest BCUT2D eigenvalue weighted by atomic mass is 10.1. The quantitative estimate of drug-likeness (QED) is 0.272. The van der Waals surface area contributed by atoms with Crippen molar-refractivity contribution < 1.29 is 0 Å². The highest BCUT2D eigenvalue weighted by Crippen LogP contribution is 2.35. The molecule has 4 aromatic rings. The van der Waals surface area contributed by atoms with E-state index in [1.807, 2.05) is 0 Å². The maximum atomic E-state index is 2.33. The fraction of sp³-hybridized carbons (Fsp3) is 0.161. The first-order chi connectivity index (χ1) is 15.7. The lowest BCUT2D eigenvalue weighted by Crippen LogP contribution is -2.10. The van der Waals surface area contributed by atoms with Crippen LogP contribution < -0.4 is 4.90 Å². The van der Waals surface area contributed by atoms with Crippen LogP contribution in [-0.4, -0.2) is 0 Å². The summed E-state index contributed by atoms with van der Waals surface area (Å²) < 4.78 is 0. The molecule has 0 saturated heterocycles. The SMILES string of the molecule is CCc1ccc(N(c2ccc(C=Cc3ccc(C)cc3)cc2)c2ccc(CC)cc2)cc1. The van der Waals surface area contributed by atoms with Gasteiger partial charge in [0.15, 0.2) is 0 Å². The zero-order chi connectivity index (χ0) is 22.3. The van der Waals surface area contributed by atoms with Crippen molar-refractivity contribution in [3.63, 3.8) is 0 Å². The molecule has 0 fully saturated rings. The highest BCUT2D eigenvalue weighted by molar-refractivity contribution is 5.78. The molecule has 0 aliphatic carbocycles. The summed E-state index contributed by atoms with van der Waals surface area (Å²) in [5.41, 5.74) is 9.91. The van der Waals surface area contributed by atoms with E-state index in [1.54, 1.807) is 0 Å². The highest BCUT2D eigenvalue weighted by Gasteiger charge is 2.12. The van der Waals surface area contributed by atoms with E-state index in [0.29, 0.717) is 0 Å². The van der Waals surface area contributed by atoms with Gasteiger partial charge in [-0.1, -0.05) is 92.2 Å². The van der Waals surface area contributed by atoms with Crippen LogP contribution in [0.5, 0.6) is 0 Å². The fourth-order valence-electron chi connectivity index (χ4n) is 3.81. The van der Waals surface area contributed by atoms with E-state index in [1.165, 1.54) is 39.2 Å². The Kier molecular flexibility index (Phi) is 6.87. The maximum absolute atomic E-state index is 2.33. The third-order valence-electron chi connectivity index (χ3n) is 5.90. The minimum absolute atomic E-state index is 1.05. The Morgan fingerprint density at radius 2 is 0.844 bits per heavy atom. The van der Waals surface area contributed by atoms with Crippen LogP contribution in [0, 0.1) is 6.92 Å². The molecule has 0 heterocycles. The summed E-state index contributed by atoms with van der Waals surface area (Å²) in [7, 11) is 0. The second kappa shape index (κ2) is 10.2. The summed E-state index contributed by atoms with van der Waals surface area (Å²) >= 11 is 0. The Balaban J connectivity index is 1.64. The largest absolute Gasteiger partial charge is 0.311 e. The number of hydrogen-bond donors (Lipinski definition) is 0. The molecule has 1 nitrogen and oxygen atoms in total. The van der Waals surface area contributed by atoms with Crippen molar-refractivity contribution >= 4 is 29.2 Å². The molecule has 0 unspecified atom stereocenters. The van der Waals surface area contributed by atoms with Crippen LogP contribution in [0.25, 0.3) is 12.2 Å². The standard InChI is InChI=1S/C31H31N/c1-4-25-12-18-29(19-13-25)32(30-20-14-26(5-2)15-21-30)31-22-16-28(17-23-31)11-10-27-8-6-24(3)7-9-27/h6-23H,4-5H2,1-3H3. The first-order valence-electron chi connectivity index (χ1n) is 11.5. The van der Waals surface area contributed by atoms with Crippen molar-refractivity contribution in [1.82, 2.24) is 0 Å². The average Bonchev–Trinajstić information content (AvgIpc) is 2.85. The van der Waals surface area contributed by atoms with Gasteiger partial charge in [-0.2, -0.15) is 0 Å². The summed E-state index contributed by atoms with van der Waals surface area (Å²) in [5, 5.41) is 0. The van der Waals surface area contributed by atoms with E-state index in [2.05, 4.69) is 135 Å². The molecule has 0 saturated carbocycles. The van der Waals surface area contributed by atoms with Gasteiger partial charge in [-0.3, -0.25) is 0 Å². The smallest absolute Gasteiger partial charge is 0.0462 e. The lowest BCUT2D eigenvalue weighted by Gasteiger charge is -2.26. The monoisotopic (exact) mass is 417 g/mol. The molecule has 0 amide bonds. The molecule has 0 N–H and O–H groups in total. The minimum atomic E-state index is 1.05. The van der Waals surface area contributed by atoms with Gasteiger partial charge in [-0.05, 0) is 78.4 Å². The summed E-state index contributed by atoms with van der Waals surface area (Å²) in [6, 6.07) is 35.2. The molecule has 0 aliphatic rings. The van der Waals surface area contributed by atoms with Crippen LogP contribution in [-0.2, 0) is 12.8 Å². The van der Waals surface area contributed by atoms with E-state index >= 15 is 0 Å². The molecule has 0 spiro atoms. The predicted octanol–water partition coefficient (Wildman–Crippen LogP) is 8.76. The van der Waals surface area contributed by atoms with E-state index in [4.69, 9.17) is 0 Å². The van der Waals surface area contributed by atoms with E-state index in [9.17, 15) is 0 Å². The number of aryl methyl sites for hydroxylation is 3. The Bertz CT molecular complexity index is 1100. The van der Waals surface area contributed by atoms with Gasteiger partial charge in [-0.25, -0.2) is 0 Å². The van der Waals surface area contributed by atoms with Gasteiger partial charge in [-0.15, -0.1) is 0 Å². The van der Waals surface area contributed by atoms with Crippen molar-refractivity contribution in [2.45, 2.75) is 33.6 Å². The molecule has 0 radical (unpaired) electrons. The topological polar surface area (TPSA) is 3.24 Å². The summed E-state index contributed by atoms with van der Waals surface area (Å²) in [5.74, 6) is 0. The second-order valence-electron chi connectivity index (χ2n) is 8.21. The Morgan fingerprint density at radius 3 is 1.22 bits per heavy atom. The van der Waals surface area contributed by atoms with Crippen LogP contribution in [0.3, 0.4) is 0 Å². The molecule has 0 aromatic heterocycles. The van der Waals surface area contributed by atoms with Crippen molar-refractivity contribution in [1.29, 1.82) is 0 Å². The third kappa shape index (κ3) is 5.18. The zero-order valence-electron chi connectivity index (χ0n) is 19.3. The molecule has 0 bridgehead atoms. The first-order valence-corrected chi connectivity index (χ1v) is 11.5. The average molecular weight is 418 g/mol. The molecule has 160 valence electrons. The summed E-state index contributed by atoms with van der Waals surface area (Å²) in [4.78, 5) is 2.33. The number of benzene rings is 4. The van der Waals surface area contributed by atoms with Crippen molar-refractivity contribution in [2.75, 3.05) is 4.90 Å². The molecule has 4 aromatic carbocycles. The van der Waals surface area contributed by atoms with E-state index in [-0.39, 0.29) is 0 Å². The van der Waals surface area contributed by atoms with E-state index in [0.717, 1.165) is 18.5 Å². The fourth-order valence-corrected chi connectivity index (χ4v) is 3.81. The number of rotatable bonds is 7. The van der Waals surface area contributed by atoms with Gasteiger partial charge in [0.05, 0.1) is 0 Å². The molecule has 1 heteroatoms. The maximum Gasteiger partial charge on any atom is 0.0462 e. The summed E-state index contributed by atoms with van der Waals surface area (Å²) in [6.45, 7) is 6.50. The summed E-state index contributed by atoms with van der Waals surface area (Å²) in [6.07, 6.45) is 6.44. The van der Waals surface area contributed by atoms with Crippen molar-refractivity contribution in [3.05, 3.63) is 125 Å². The van der Waals surface area contributed by atoms with Gasteiger partial charge in [0.2, 0.25) is 0 Å². The first kappa shape index (κ1) is 21.6. The Morgan fingerprint density at radius 1 is 0.500 bits per heavy atom. The lowest BCUT2D eigenvalue weighted by molar-refractivity contribution is 1.13. The van der Waals surface area contributed by atoms with Gasteiger partial charge in [0, 0.05) is 17.1 Å². The molecule has 0 atom stereocenters. The highest BCUT2D eigenvalue weighted by atomic mass is 15.1. The van der Waals surface area contributed by atoms with Crippen LogP contribution in [0.4, 0.5) is 17.1 Å². The molecule has 32 heavy (non-hydrogen) atoms. The van der Waals surface area contributed by atoms with Gasteiger partial charge in [0.25, 0.3) is 0 Å². The van der Waals surface area contributed by atoms with Gasteiger partial charge >= 0.3 is 0 Å². The van der Waals surface area contributed by atoms with Gasteiger partial charge < -0.3 is 4.90 Å². The number of nitrogens with zero attached hydrogens (tertiary/aromatic N) is 1. The van der Waals surface area contributed by atoms with Gasteiger partial charge in [0.1, 0.15) is 0 Å². The van der Waals surface area contributed by atoms with Crippen molar-refractivity contribution in [3.8, 4) is 0 Å². The third-order valence-corrected chi connectivity index (χ3v) is 5.90. The molecular formula is C31H31N. The van der Waals surface area contributed by atoms with Crippen LogP contribution >= 0.6 is 0 Å². The predicted molar refractivity (Wildman–Crippen MR) is 140 cm³/mol. The number of anilines is 3.